The molecule has 0 unspecified atom stereocenters. The topological polar surface area (TPSA) is 18.5 Å². The maximum Gasteiger partial charge on any atom is 0.146 e. The molecule has 0 amide bonds. The predicted molar refractivity (Wildman–Crippen MR) is 50.8 cm³/mol. The summed E-state index contributed by atoms with van der Waals surface area (Å²) in [5.74, 6) is -0.265. The molecule has 1 rings (SSSR count). The van der Waals surface area contributed by atoms with E-state index in [2.05, 4.69) is 15.9 Å². The van der Waals surface area contributed by atoms with Gasteiger partial charge in [-0.05, 0) is 23.8 Å². The summed E-state index contributed by atoms with van der Waals surface area (Å²) < 4.78 is 23.4. The molecule has 0 aliphatic rings. The van der Waals surface area contributed by atoms with Gasteiger partial charge in [-0.1, -0.05) is 15.9 Å². The zero-order chi connectivity index (χ0) is 9.68. The largest absolute Gasteiger partial charge is 0.359 e. The molecule has 1 aromatic rings. The Balaban J connectivity index is 2.59. The number of hydrogen-bond donors (Lipinski definition) is 0. The molecule has 13 heavy (non-hydrogen) atoms. The van der Waals surface area contributed by atoms with E-state index >= 15 is 0 Å². The van der Waals surface area contributed by atoms with E-state index in [1.54, 1.807) is 13.2 Å². The highest BCUT2D eigenvalue weighted by Crippen LogP contribution is 2.18. The summed E-state index contributed by atoms with van der Waals surface area (Å²) >= 11 is 3.30. The van der Waals surface area contributed by atoms with Crippen molar-refractivity contribution in [1.29, 1.82) is 0 Å². The van der Waals surface area contributed by atoms with Gasteiger partial charge in [-0.2, -0.15) is 0 Å². The molecule has 0 saturated heterocycles. The van der Waals surface area contributed by atoms with Crippen LogP contribution in [-0.2, 0) is 16.1 Å². The first-order valence-electron chi connectivity index (χ1n) is 3.74. The second-order valence-electron chi connectivity index (χ2n) is 2.49. The zero-order valence-corrected chi connectivity index (χ0v) is 8.80. The molecule has 0 aliphatic carbocycles. The minimum Gasteiger partial charge on any atom is -0.359 e. The smallest absolute Gasteiger partial charge is 0.146 e. The first-order valence-corrected chi connectivity index (χ1v) is 4.54. The minimum absolute atomic E-state index is 0.211. The van der Waals surface area contributed by atoms with E-state index in [0.717, 1.165) is 10.0 Å². The van der Waals surface area contributed by atoms with Crippen molar-refractivity contribution in [3.8, 4) is 0 Å². The first kappa shape index (κ1) is 10.6. The van der Waals surface area contributed by atoms with E-state index in [9.17, 15) is 4.39 Å². The maximum absolute atomic E-state index is 12.7. The molecule has 0 N–H and O–H groups in total. The molecule has 1 aromatic carbocycles. The van der Waals surface area contributed by atoms with Gasteiger partial charge < -0.3 is 9.47 Å². The molecule has 0 atom stereocenters. The van der Waals surface area contributed by atoms with Crippen molar-refractivity contribution in [2.75, 3.05) is 13.9 Å². The highest BCUT2D eigenvalue weighted by atomic mass is 79.9. The summed E-state index contributed by atoms with van der Waals surface area (Å²) in [6, 6.07) is 4.48. The van der Waals surface area contributed by atoms with Gasteiger partial charge in [0.1, 0.15) is 12.6 Å². The Morgan fingerprint density at radius 3 is 3.00 bits per heavy atom. The molecule has 0 aromatic heterocycles. The maximum atomic E-state index is 12.7. The fourth-order valence-corrected chi connectivity index (χ4v) is 1.25. The van der Waals surface area contributed by atoms with Crippen molar-refractivity contribution in [1.82, 2.24) is 0 Å². The Labute approximate surface area is 84.8 Å². The van der Waals surface area contributed by atoms with Crippen molar-refractivity contribution in [3.63, 3.8) is 0 Å². The van der Waals surface area contributed by atoms with Crippen LogP contribution in [0, 0.1) is 5.82 Å². The van der Waals surface area contributed by atoms with Crippen LogP contribution in [0.5, 0.6) is 0 Å². The number of methoxy groups -OCH3 is 1. The second kappa shape index (κ2) is 5.32. The Hall–Kier alpha value is -0.450. The lowest BCUT2D eigenvalue weighted by atomic mass is 10.3. The van der Waals surface area contributed by atoms with Gasteiger partial charge in [0.2, 0.25) is 0 Å². The Morgan fingerprint density at radius 1 is 1.54 bits per heavy atom. The Kier molecular flexibility index (Phi) is 4.35. The van der Waals surface area contributed by atoms with E-state index in [-0.39, 0.29) is 12.6 Å². The third kappa shape index (κ3) is 3.42. The monoisotopic (exact) mass is 250 g/mol. The van der Waals surface area contributed by atoms with Crippen LogP contribution in [0.2, 0.25) is 0 Å². The summed E-state index contributed by atoms with van der Waals surface area (Å²) in [6.45, 7) is 0.551. The van der Waals surface area contributed by atoms with Crippen LogP contribution in [0.1, 0.15) is 5.56 Å². The number of ether oxygens (including phenoxy) is 2. The van der Waals surface area contributed by atoms with Gasteiger partial charge in [-0.3, -0.25) is 0 Å². The molecule has 0 bridgehead atoms. The van der Waals surface area contributed by atoms with Crippen LogP contribution in [0.3, 0.4) is 0 Å². The SMILES string of the molecule is COCO[14CH2]c1cc(F)ccc1Br. The first-order chi connectivity index (χ1) is 6.24. The van der Waals surface area contributed by atoms with Gasteiger partial charge in [0.15, 0.2) is 0 Å². The zero-order valence-electron chi connectivity index (χ0n) is 7.22. The number of benzene rings is 1. The van der Waals surface area contributed by atoms with Crippen LogP contribution >= 0.6 is 15.9 Å². The number of halogens is 2. The van der Waals surface area contributed by atoms with Gasteiger partial charge in [-0.15, -0.1) is 0 Å². The second-order valence-corrected chi connectivity index (χ2v) is 3.35. The lowest BCUT2D eigenvalue weighted by Crippen LogP contribution is -1.98. The predicted octanol–water partition coefficient (Wildman–Crippen LogP) is 2.71. The third-order valence-electron chi connectivity index (χ3n) is 1.47. The summed E-state index contributed by atoms with van der Waals surface area (Å²) in [5, 5.41) is 0. The van der Waals surface area contributed by atoms with Gasteiger partial charge in [0.05, 0.1) is 6.61 Å². The Morgan fingerprint density at radius 2 is 2.31 bits per heavy atom. The normalized spacial score (nSPS) is 10.4. The van der Waals surface area contributed by atoms with E-state index in [1.165, 1.54) is 12.1 Å². The highest BCUT2D eigenvalue weighted by molar-refractivity contribution is 9.10. The third-order valence-corrected chi connectivity index (χ3v) is 2.24. The summed E-state index contributed by atoms with van der Waals surface area (Å²) in [6.07, 6.45) is 0. The summed E-state index contributed by atoms with van der Waals surface area (Å²) in [7, 11) is 1.54. The van der Waals surface area contributed by atoms with E-state index < -0.39 is 0 Å². The Bertz CT molecular complexity index is 278. The average Bonchev–Trinajstić information content (AvgIpc) is 2.11. The van der Waals surface area contributed by atoms with Crippen molar-refractivity contribution < 1.29 is 13.9 Å². The molecular formula is C9H10BrFO2. The van der Waals surface area contributed by atoms with Gasteiger partial charge >= 0.3 is 0 Å². The van der Waals surface area contributed by atoms with Crippen LogP contribution in [0.4, 0.5) is 4.39 Å². The molecular weight excluding hydrogens is 241 g/mol. The quantitative estimate of drug-likeness (QED) is 0.605. The van der Waals surface area contributed by atoms with Crippen molar-refractivity contribution in [3.05, 3.63) is 34.1 Å². The lowest BCUT2D eigenvalue weighted by molar-refractivity contribution is -0.0392. The molecule has 2 nitrogen and oxygen atoms in total. The minimum atomic E-state index is -0.265. The molecule has 0 aliphatic heterocycles. The molecule has 72 valence electrons. The van der Waals surface area contributed by atoms with Crippen LogP contribution < -0.4 is 0 Å². The van der Waals surface area contributed by atoms with Crippen LogP contribution in [0.25, 0.3) is 0 Å². The van der Waals surface area contributed by atoms with Crippen molar-refractivity contribution >= 4 is 15.9 Å². The fraction of sp³-hybridized carbons (Fsp3) is 0.333. The van der Waals surface area contributed by atoms with Crippen LogP contribution in [0.15, 0.2) is 22.7 Å². The summed E-state index contributed by atoms with van der Waals surface area (Å²) in [4.78, 5) is 0. The van der Waals surface area contributed by atoms with E-state index in [0.29, 0.717) is 6.61 Å². The standard InChI is InChI=1S/C9H10BrFO2/c1-12-6-13-5-7-4-8(11)2-3-9(7)10/h2-4H,5-6H2,1H3/i5+2. The number of rotatable bonds is 4. The van der Waals surface area contributed by atoms with Gasteiger partial charge in [0.25, 0.3) is 0 Å². The highest BCUT2D eigenvalue weighted by Gasteiger charge is 2.01. The molecule has 0 saturated carbocycles. The summed E-state index contributed by atoms with van der Waals surface area (Å²) in [5.41, 5.74) is 0.775. The van der Waals surface area contributed by atoms with E-state index in [1.807, 2.05) is 0 Å². The fourth-order valence-electron chi connectivity index (χ4n) is 0.889. The molecule has 0 fully saturated rings. The average molecular weight is 251 g/mol. The van der Waals surface area contributed by atoms with Gasteiger partial charge in [-0.25, -0.2) is 4.39 Å². The number of hydrogen-bond acceptors (Lipinski definition) is 2. The van der Waals surface area contributed by atoms with E-state index in [4.69, 9.17) is 9.47 Å². The molecule has 0 radical (unpaired) electrons. The van der Waals surface area contributed by atoms with Gasteiger partial charge in [0, 0.05) is 11.6 Å². The molecule has 0 spiro atoms. The van der Waals surface area contributed by atoms with Crippen molar-refractivity contribution in [2.45, 2.75) is 6.61 Å². The lowest BCUT2D eigenvalue weighted by Gasteiger charge is -2.05. The molecule has 0 heterocycles. The van der Waals surface area contributed by atoms with Crippen LogP contribution in [-0.4, -0.2) is 13.9 Å². The van der Waals surface area contributed by atoms with Crippen molar-refractivity contribution in [2.24, 2.45) is 0 Å². The molecule has 4 heteroatoms.